The number of hydrogen-bond acceptors (Lipinski definition) is 5. The maximum Gasteiger partial charge on any atom is 0.244 e. The van der Waals surface area contributed by atoms with Gasteiger partial charge in [0.2, 0.25) is 10.0 Å². The Kier molecular flexibility index (Phi) is 6.87. The van der Waals surface area contributed by atoms with Gasteiger partial charge in [-0.25, -0.2) is 18.1 Å². The second-order valence-electron chi connectivity index (χ2n) is 4.73. The van der Waals surface area contributed by atoms with Crippen LogP contribution in [0.15, 0.2) is 21.6 Å². The Bertz CT molecular complexity index is 535. The summed E-state index contributed by atoms with van der Waals surface area (Å²) in [6.07, 6.45) is 2.40. The molecule has 1 aromatic rings. The molecule has 0 amide bonds. The van der Waals surface area contributed by atoms with Crippen LogP contribution in [0, 0.1) is 5.92 Å². The molecule has 0 aliphatic rings. The van der Waals surface area contributed by atoms with Gasteiger partial charge < -0.3 is 10.5 Å². The highest BCUT2D eigenvalue weighted by Gasteiger charge is 2.18. The molecule has 0 aromatic carbocycles. The van der Waals surface area contributed by atoms with Crippen LogP contribution in [0.5, 0.6) is 0 Å². The molecule has 0 saturated carbocycles. The molecule has 0 radical (unpaired) electrons. The van der Waals surface area contributed by atoms with E-state index in [0.29, 0.717) is 23.6 Å². The van der Waals surface area contributed by atoms with Gasteiger partial charge in [-0.1, -0.05) is 13.8 Å². The number of nitrogens with one attached hydrogen (secondary N) is 1. The molecule has 0 saturated heterocycles. The summed E-state index contributed by atoms with van der Waals surface area (Å²) in [6, 6.07) is 1.42. The van der Waals surface area contributed by atoms with Crippen molar-refractivity contribution in [2.75, 3.05) is 25.5 Å². The molecular formula is C12H20BrN3O3S. The Balaban J connectivity index is 2.48. The normalized spacial score (nSPS) is 12.0. The predicted molar refractivity (Wildman–Crippen MR) is 81.8 cm³/mol. The van der Waals surface area contributed by atoms with Crippen molar-refractivity contribution >= 4 is 31.8 Å². The van der Waals surface area contributed by atoms with Gasteiger partial charge in [0.25, 0.3) is 0 Å². The second-order valence-corrected chi connectivity index (χ2v) is 7.38. The summed E-state index contributed by atoms with van der Waals surface area (Å²) in [5.74, 6) is 0.542. The van der Waals surface area contributed by atoms with Crippen molar-refractivity contribution in [3.8, 4) is 0 Å². The van der Waals surface area contributed by atoms with Gasteiger partial charge in [0.05, 0.1) is 6.61 Å². The molecule has 0 fully saturated rings. The number of aromatic nitrogens is 1. The highest BCUT2D eigenvalue weighted by atomic mass is 79.9. The first-order chi connectivity index (χ1) is 9.33. The lowest BCUT2D eigenvalue weighted by atomic mass is 10.1. The van der Waals surface area contributed by atoms with E-state index < -0.39 is 10.0 Å². The SMILES string of the molecule is CC(C)CCOCCNS(=O)(=O)c1cc(Br)cnc1N. The van der Waals surface area contributed by atoms with Crippen LogP contribution in [0.25, 0.3) is 0 Å². The predicted octanol–water partition coefficient (Wildman–Crippen LogP) is 1.77. The fraction of sp³-hybridized carbons (Fsp3) is 0.583. The van der Waals surface area contributed by atoms with E-state index in [0.717, 1.165) is 6.42 Å². The van der Waals surface area contributed by atoms with E-state index >= 15 is 0 Å². The molecular weight excluding hydrogens is 346 g/mol. The molecule has 3 N–H and O–H groups in total. The third kappa shape index (κ3) is 5.74. The molecule has 0 atom stereocenters. The lowest BCUT2D eigenvalue weighted by Gasteiger charge is -2.10. The molecule has 1 aromatic heterocycles. The van der Waals surface area contributed by atoms with Gasteiger partial charge in [-0.15, -0.1) is 0 Å². The summed E-state index contributed by atoms with van der Waals surface area (Å²) in [4.78, 5) is 3.77. The van der Waals surface area contributed by atoms with Crippen LogP contribution in [0.2, 0.25) is 0 Å². The lowest BCUT2D eigenvalue weighted by Crippen LogP contribution is -2.28. The number of sulfonamides is 1. The van der Waals surface area contributed by atoms with Crippen LogP contribution in [-0.2, 0) is 14.8 Å². The number of anilines is 1. The first-order valence-corrected chi connectivity index (χ1v) is 8.59. The van der Waals surface area contributed by atoms with Crippen LogP contribution < -0.4 is 10.5 Å². The molecule has 1 rings (SSSR count). The monoisotopic (exact) mass is 365 g/mol. The Morgan fingerprint density at radius 3 is 2.80 bits per heavy atom. The average molecular weight is 366 g/mol. The lowest BCUT2D eigenvalue weighted by molar-refractivity contribution is 0.128. The number of hydrogen-bond donors (Lipinski definition) is 2. The van der Waals surface area contributed by atoms with Crippen LogP contribution >= 0.6 is 15.9 Å². The quantitative estimate of drug-likeness (QED) is 0.684. The molecule has 0 aliphatic carbocycles. The molecule has 8 heteroatoms. The van der Waals surface area contributed by atoms with E-state index in [2.05, 4.69) is 39.5 Å². The van der Waals surface area contributed by atoms with E-state index in [1.807, 2.05) is 0 Å². The van der Waals surface area contributed by atoms with Crippen molar-refractivity contribution in [3.63, 3.8) is 0 Å². The molecule has 0 aliphatic heterocycles. The first kappa shape index (κ1) is 17.4. The van der Waals surface area contributed by atoms with Crippen molar-refractivity contribution in [3.05, 3.63) is 16.7 Å². The number of pyridine rings is 1. The maximum absolute atomic E-state index is 12.0. The highest BCUT2D eigenvalue weighted by molar-refractivity contribution is 9.10. The zero-order valence-electron chi connectivity index (χ0n) is 11.6. The third-order valence-electron chi connectivity index (χ3n) is 2.52. The summed E-state index contributed by atoms with van der Waals surface area (Å²) in [6.45, 7) is 5.36. The molecule has 0 bridgehead atoms. The number of halogens is 1. The number of ether oxygens (including phenoxy) is 1. The maximum atomic E-state index is 12.0. The van der Waals surface area contributed by atoms with E-state index in [1.165, 1.54) is 12.3 Å². The summed E-state index contributed by atoms with van der Waals surface area (Å²) in [7, 11) is -3.66. The zero-order chi connectivity index (χ0) is 15.2. The Labute approximate surface area is 128 Å². The molecule has 6 nitrogen and oxygen atoms in total. The molecule has 1 heterocycles. The zero-order valence-corrected chi connectivity index (χ0v) is 14.0. The van der Waals surface area contributed by atoms with E-state index in [-0.39, 0.29) is 17.3 Å². The van der Waals surface area contributed by atoms with Crippen LogP contribution in [0.1, 0.15) is 20.3 Å². The van der Waals surface area contributed by atoms with Crippen molar-refractivity contribution < 1.29 is 13.2 Å². The number of rotatable bonds is 8. The van der Waals surface area contributed by atoms with Gasteiger partial charge in [-0.2, -0.15) is 0 Å². The van der Waals surface area contributed by atoms with Gasteiger partial charge in [-0.05, 0) is 34.3 Å². The van der Waals surface area contributed by atoms with E-state index in [1.54, 1.807) is 0 Å². The van der Waals surface area contributed by atoms with Crippen molar-refractivity contribution in [2.24, 2.45) is 5.92 Å². The van der Waals surface area contributed by atoms with Gasteiger partial charge in [-0.3, -0.25) is 0 Å². The Hall–Kier alpha value is -0.700. The number of nitrogens with zero attached hydrogens (tertiary/aromatic N) is 1. The second kappa shape index (κ2) is 7.92. The standard InChI is InChI=1S/C12H20BrN3O3S/c1-9(2)3-5-19-6-4-16-20(17,18)11-7-10(13)8-15-12(11)14/h7-9,16H,3-6H2,1-2H3,(H2,14,15). The molecule has 114 valence electrons. The fourth-order valence-corrected chi connectivity index (χ4v) is 2.99. The van der Waals surface area contributed by atoms with Crippen LogP contribution in [-0.4, -0.2) is 33.2 Å². The molecule has 20 heavy (non-hydrogen) atoms. The minimum absolute atomic E-state index is 0.0265. The number of nitrogen functional groups attached to an aromatic ring is 1. The van der Waals surface area contributed by atoms with Crippen LogP contribution in [0.4, 0.5) is 5.82 Å². The van der Waals surface area contributed by atoms with Crippen molar-refractivity contribution in [2.45, 2.75) is 25.2 Å². The van der Waals surface area contributed by atoms with Crippen molar-refractivity contribution in [1.82, 2.24) is 9.71 Å². The summed E-state index contributed by atoms with van der Waals surface area (Å²) in [5, 5.41) is 0. The highest BCUT2D eigenvalue weighted by Crippen LogP contribution is 2.20. The smallest absolute Gasteiger partial charge is 0.244 e. The fourth-order valence-electron chi connectivity index (χ4n) is 1.39. The van der Waals surface area contributed by atoms with Gasteiger partial charge in [0.1, 0.15) is 10.7 Å². The largest absolute Gasteiger partial charge is 0.383 e. The average Bonchev–Trinajstić information content (AvgIpc) is 2.36. The Morgan fingerprint density at radius 2 is 2.15 bits per heavy atom. The summed E-state index contributed by atoms with van der Waals surface area (Å²) < 4.78 is 32.4. The molecule has 0 unspecified atom stereocenters. The van der Waals surface area contributed by atoms with Gasteiger partial charge >= 0.3 is 0 Å². The van der Waals surface area contributed by atoms with Gasteiger partial charge in [0.15, 0.2) is 0 Å². The van der Waals surface area contributed by atoms with Crippen molar-refractivity contribution in [1.29, 1.82) is 0 Å². The minimum Gasteiger partial charge on any atom is -0.383 e. The van der Waals surface area contributed by atoms with E-state index in [4.69, 9.17) is 10.5 Å². The summed E-state index contributed by atoms with van der Waals surface area (Å²) >= 11 is 3.17. The Morgan fingerprint density at radius 1 is 1.45 bits per heavy atom. The minimum atomic E-state index is -3.66. The van der Waals surface area contributed by atoms with Gasteiger partial charge in [0, 0.05) is 23.8 Å². The first-order valence-electron chi connectivity index (χ1n) is 6.31. The number of nitrogens with two attached hydrogens (primary N) is 1. The van der Waals surface area contributed by atoms with E-state index in [9.17, 15) is 8.42 Å². The molecule has 0 spiro atoms. The topological polar surface area (TPSA) is 94.3 Å². The van der Waals surface area contributed by atoms with Crippen LogP contribution in [0.3, 0.4) is 0 Å². The summed E-state index contributed by atoms with van der Waals surface area (Å²) in [5.41, 5.74) is 5.58. The third-order valence-corrected chi connectivity index (χ3v) is 4.44.